The Morgan fingerprint density at radius 3 is 2.38 bits per heavy atom. The molecule has 0 fully saturated rings. The van der Waals surface area contributed by atoms with Crippen LogP contribution in [0.25, 0.3) is 0 Å². The van der Waals surface area contributed by atoms with Crippen molar-refractivity contribution in [2.45, 2.75) is 6.61 Å². The first-order chi connectivity index (χ1) is 6.00. The van der Waals surface area contributed by atoms with Crippen LogP contribution in [0.5, 0.6) is 11.5 Å². The quantitative estimate of drug-likeness (QED) is 0.842. The summed E-state index contributed by atoms with van der Waals surface area (Å²) >= 11 is 10.9. The van der Waals surface area contributed by atoms with Crippen LogP contribution in [0.2, 0.25) is 10.0 Å². The lowest BCUT2D eigenvalue weighted by molar-refractivity contribution is -0.0499. The lowest BCUT2D eigenvalue weighted by Gasteiger charge is -2.06. The highest BCUT2D eigenvalue weighted by molar-refractivity contribution is 6.43. The first-order valence-corrected chi connectivity index (χ1v) is 3.89. The first-order valence-electron chi connectivity index (χ1n) is 3.13. The average Bonchev–Trinajstić information content (AvgIpc) is 1.98. The number of rotatable bonds is 2. The van der Waals surface area contributed by atoms with Gasteiger partial charge in [-0.25, -0.2) is 0 Å². The van der Waals surface area contributed by atoms with Gasteiger partial charge in [-0.2, -0.15) is 8.78 Å². The predicted octanol–water partition coefficient (Wildman–Crippen LogP) is 3.30. The Balaban J connectivity index is 2.99. The highest BCUT2D eigenvalue weighted by atomic mass is 35.5. The topological polar surface area (TPSA) is 29.5 Å². The molecule has 0 amide bonds. The standard InChI is InChI=1S/C7H4Cl2F2O2/c8-4-1-3(13-7(10)11)2-5(12)6(4)9/h1-2,7,12H. The second kappa shape index (κ2) is 3.98. The molecule has 1 N–H and O–H groups in total. The Morgan fingerprint density at radius 2 is 1.92 bits per heavy atom. The molecule has 0 aliphatic carbocycles. The summed E-state index contributed by atoms with van der Waals surface area (Å²) in [6.07, 6.45) is 0. The number of ether oxygens (including phenoxy) is 1. The Labute approximate surface area is 82.6 Å². The van der Waals surface area contributed by atoms with Crippen molar-refractivity contribution in [1.82, 2.24) is 0 Å². The van der Waals surface area contributed by atoms with Crippen LogP contribution in [0.3, 0.4) is 0 Å². The monoisotopic (exact) mass is 228 g/mol. The summed E-state index contributed by atoms with van der Waals surface area (Å²) in [5, 5.41) is 8.91. The van der Waals surface area contributed by atoms with Gasteiger partial charge >= 0.3 is 6.61 Å². The summed E-state index contributed by atoms with van der Waals surface area (Å²) in [5.41, 5.74) is 0. The van der Waals surface area contributed by atoms with Crippen molar-refractivity contribution in [1.29, 1.82) is 0 Å². The minimum atomic E-state index is -2.96. The smallest absolute Gasteiger partial charge is 0.387 e. The van der Waals surface area contributed by atoms with Crippen molar-refractivity contribution < 1.29 is 18.6 Å². The molecule has 0 aliphatic rings. The van der Waals surface area contributed by atoms with Crippen molar-refractivity contribution in [3.05, 3.63) is 22.2 Å². The normalized spacial score (nSPS) is 10.5. The number of benzene rings is 1. The summed E-state index contributed by atoms with van der Waals surface area (Å²) in [5.74, 6) is -0.633. The van der Waals surface area contributed by atoms with Crippen molar-refractivity contribution in [3.8, 4) is 11.5 Å². The van der Waals surface area contributed by atoms with E-state index in [0.717, 1.165) is 12.1 Å². The van der Waals surface area contributed by atoms with Gasteiger partial charge in [-0.05, 0) is 0 Å². The van der Waals surface area contributed by atoms with Gasteiger partial charge in [-0.15, -0.1) is 0 Å². The molecule has 0 heterocycles. The minimum Gasteiger partial charge on any atom is -0.506 e. The molecule has 0 saturated heterocycles. The van der Waals surface area contributed by atoms with E-state index >= 15 is 0 Å². The molecule has 13 heavy (non-hydrogen) atoms. The van der Waals surface area contributed by atoms with Gasteiger partial charge < -0.3 is 9.84 Å². The minimum absolute atomic E-state index is 0.0442. The number of hydrogen-bond acceptors (Lipinski definition) is 2. The van der Waals surface area contributed by atoms with Crippen molar-refractivity contribution in [3.63, 3.8) is 0 Å². The zero-order valence-corrected chi connectivity index (χ0v) is 7.61. The molecular formula is C7H4Cl2F2O2. The zero-order valence-electron chi connectivity index (χ0n) is 6.10. The molecule has 0 spiro atoms. The summed E-state index contributed by atoms with van der Waals surface area (Å²) in [4.78, 5) is 0. The van der Waals surface area contributed by atoms with E-state index in [1.807, 2.05) is 0 Å². The highest BCUT2D eigenvalue weighted by Crippen LogP contribution is 2.35. The fraction of sp³-hybridized carbons (Fsp3) is 0.143. The number of phenols is 1. The Morgan fingerprint density at radius 1 is 1.31 bits per heavy atom. The second-order valence-electron chi connectivity index (χ2n) is 2.12. The van der Waals surface area contributed by atoms with E-state index in [-0.39, 0.29) is 15.8 Å². The molecule has 0 aliphatic heterocycles. The maximum atomic E-state index is 11.7. The highest BCUT2D eigenvalue weighted by Gasteiger charge is 2.10. The second-order valence-corrected chi connectivity index (χ2v) is 2.90. The summed E-state index contributed by atoms with van der Waals surface area (Å²) in [7, 11) is 0. The van der Waals surface area contributed by atoms with E-state index < -0.39 is 12.4 Å². The molecule has 1 aromatic carbocycles. The van der Waals surface area contributed by atoms with Crippen molar-refractivity contribution >= 4 is 23.2 Å². The van der Waals surface area contributed by atoms with Gasteiger partial charge in [-0.3, -0.25) is 0 Å². The van der Waals surface area contributed by atoms with E-state index in [2.05, 4.69) is 4.74 Å². The number of phenolic OH excluding ortho intramolecular Hbond substituents is 1. The summed E-state index contributed by atoms with van der Waals surface area (Å²) in [6, 6.07) is 2.05. The van der Waals surface area contributed by atoms with Crippen LogP contribution >= 0.6 is 23.2 Å². The lowest BCUT2D eigenvalue weighted by atomic mass is 10.3. The number of aromatic hydroxyl groups is 1. The van der Waals surface area contributed by atoms with Gasteiger partial charge in [0, 0.05) is 12.1 Å². The molecular weight excluding hydrogens is 225 g/mol. The largest absolute Gasteiger partial charge is 0.506 e. The Hall–Kier alpha value is -0.740. The van der Waals surface area contributed by atoms with Gasteiger partial charge in [-0.1, -0.05) is 23.2 Å². The molecule has 0 bridgehead atoms. The number of hydrogen-bond donors (Lipinski definition) is 1. The van der Waals surface area contributed by atoms with Gasteiger partial charge in [0.2, 0.25) is 0 Å². The van der Waals surface area contributed by atoms with Crippen LogP contribution in [0.15, 0.2) is 12.1 Å². The summed E-state index contributed by atoms with van der Waals surface area (Å²) < 4.78 is 27.4. The molecule has 1 rings (SSSR count). The molecule has 0 radical (unpaired) electrons. The maximum Gasteiger partial charge on any atom is 0.387 e. The number of halogens is 4. The summed E-state index contributed by atoms with van der Waals surface area (Å²) in [6.45, 7) is -2.96. The fourth-order valence-electron chi connectivity index (χ4n) is 0.721. The third kappa shape index (κ3) is 2.60. The zero-order chi connectivity index (χ0) is 10.0. The van der Waals surface area contributed by atoms with Gasteiger partial charge in [0.1, 0.15) is 16.5 Å². The maximum absolute atomic E-state index is 11.7. The van der Waals surface area contributed by atoms with Crippen LogP contribution in [-0.2, 0) is 0 Å². The molecule has 1 aromatic rings. The van der Waals surface area contributed by atoms with Crippen molar-refractivity contribution in [2.75, 3.05) is 0 Å². The number of alkyl halides is 2. The van der Waals surface area contributed by atoms with Crippen LogP contribution in [0.1, 0.15) is 0 Å². The van der Waals surface area contributed by atoms with Crippen LogP contribution < -0.4 is 4.74 Å². The van der Waals surface area contributed by atoms with E-state index in [1.165, 1.54) is 0 Å². The Bertz CT molecular complexity index is 294. The molecule has 0 saturated carbocycles. The third-order valence-electron chi connectivity index (χ3n) is 1.21. The Kier molecular flexibility index (Phi) is 3.17. The van der Waals surface area contributed by atoms with Gasteiger partial charge in [0.05, 0.1) is 5.02 Å². The first kappa shape index (κ1) is 10.3. The molecule has 2 nitrogen and oxygen atoms in total. The van der Waals surface area contributed by atoms with E-state index in [9.17, 15) is 8.78 Å². The van der Waals surface area contributed by atoms with E-state index in [1.54, 1.807) is 0 Å². The van der Waals surface area contributed by atoms with Crippen molar-refractivity contribution in [2.24, 2.45) is 0 Å². The SMILES string of the molecule is Oc1cc(OC(F)F)cc(Cl)c1Cl. The predicted molar refractivity (Wildman–Crippen MR) is 44.8 cm³/mol. The van der Waals surface area contributed by atoms with E-state index in [4.69, 9.17) is 28.3 Å². The van der Waals surface area contributed by atoms with Gasteiger partial charge in [0.25, 0.3) is 0 Å². The molecule has 72 valence electrons. The third-order valence-corrected chi connectivity index (χ3v) is 2.00. The average molecular weight is 229 g/mol. The molecule has 6 heteroatoms. The molecule has 0 aromatic heterocycles. The molecule has 0 atom stereocenters. The van der Waals surface area contributed by atoms with Crippen LogP contribution in [0, 0.1) is 0 Å². The van der Waals surface area contributed by atoms with Crippen LogP contribution in [-0.4, -0.2) is 11.7 Å². The van der Waals surface area contributed by atoms with Crippen LogP contribution in [0.4, 0.5) is 8.78 Å². The van der Waals surface area contributed by atoms with E-state index in [0.29, 0.717) is 0 Å². The molecule has 0 unspecified atom stereocenters. The van der Waals surface area contributed by atoms with Gasteiger partial charge in [0.15, 0.2) is 0 Å². The lowest BCUT2D eigenvalue weighted by Crippen LogP contribution is -2.01. The fourth-order valence-corrected chi connectivity index (χ4v) is 1.03.